The molecule has 3 heterocycles. The Morgan fingerprint density at radius 1 is 0.967 bits per heavy atom. The zero-order valence-corrected chi connectivity index (χ0v) is 17.2. The molecule has 6 heteroatoms. The van der Waals surface area contributed by atoms with E-state index in [9.17, 15) is 4.79 Å². The molecule has 150 valence electrons. The van der Waals surface area contributed by atoms with Gasteiger partial charge in [0.2, 0.25) is 0 Å². The molecule has 0 aliphatic rings. The summed E-state index contributed by atoms with van der Waals surface area (Å²) >= 11 is 0. The predicted octanol–water partition coefficient (Wildman–Crippen LogP) is 4.74. The molecular weight excluding hydrogens is 376 g/mol. The lowest BCUT2D eigenvalue weighted by Crippen LogP contribution is -2.21. The van der Waals surface area contributed by atoms with Crippen molar-refractivity contribution in [3.8, 4) is 11.3 Å². The average Bonchev–Trinajstić information content (AvgIpc) is 3.10. The van der Waals surface area contributed by atoms with Gasteiger partial charge in [-0.1, -0.05) is 30.3 Å². The number of aryl methyl sites for hydroxylation is 1. The lowest BCUT2D eigenvalue weighted by molar-refractivity contribution is 0.569. The number of pyridine rings is 1. The number of benzene rings is 2. The minimum absolute atomic E-state index is 0.383. The number of hydrogen-bond acceptors (Lipinski definition) is 5. The fourth-order valence-corrected chi connectivity index (χ4v) is 4.08. The molecule has 6 nitrogen and oxygen atoms in total. The monoisotopic (exact) mass is 398 g/mol. The second-order valence-electron chi connectivity index (χ2n) is 7.34. The van der Waals surface area contributed by atoms with Gasteiger partial charge in [-0.2, -0.15) is 5.10 Å². The van der Waals surface area contributed by atoms with E-state index in [1.54, 1.807) is 4.68 Å². The summed E-state index contributed by atoms with van der Waals surface area (Å²) in [6.45, 7) is 5.98. The third-order valence-corrected chi connectivity index (χ3v) is 5.63. The van der Waals surface area contributed by atoms with Gasteiger partial charge in [-0.3, -0.25) is 0 Å². The highest BCUT2D eigenvalue weighted by Crippen LogP contribution is 2.31. The van der Waals surface area contributed by atoms with E-state index in [0.29, 0.717) is 16.5 Å². The van der Waals surface area contributed by atoms with Crippen LogP contribution in [0.2, 0.25) is 0 Å². The van der Waals surface area contributed by atoms with Gasteiger partial charge in [-0.15, -0.1) is 0 Å². The number of aromatic nitrogens is 3. The number of hydrogen-bond donors (Lipinski definition) is 0. The number of nitrogens with zero attached hydrogens (tertiary/aromatic N) is 4. The maximum absolute atomic E-state index is 12.9. The van der Waals surface area contributed by atoms with E-state index in [1.165, 1.54) is 0 Å². The van der Waals surface area contributed by atoms with Crippen LogP contribution >= 0.6 is 0 Å². The van der Waals surface area contributed by atoms with Crippen molar-refractivity contribution in [2.24, 2.45) is 7.05 Å². The zero-order chi connectivity index (χ0) is 20.8. The van der Waals surface area contributed by atoms with Gasteiger partial charge >= 0.3 is 5.63 Å². The molecule has 0 atom stereocenters. The molecule has 0 saturated carbocycles. The van der Waals surface area contributed by atoms with Crippen LogP contribution in [0.3, 0.4) is 0 Å². The van der Waals surface area contributed by atoms with Crippen LogP contribution in [0.4, 0.5) is 5.69 Å². The van der Waals surface area contributed by atoms with Crippen molar-refractivity contribution in [2.45, 2.75) is 13.8 Å². The minimum Gasteiger partial charge on any atom is -0.422 e. The standard InChI is InChI=1S/C24H22N4O2/c1-4-28(5-2)16-11-12-17-20(13-16)30-24(29)19-14-18-21(15-9-7-6-8-10-15)26-27(3)23(18)25-22(17)19/h6-14H,4-5H2,1-3H3. The molecule has 0 aliphatic heterocycles. The highest BCUT2D eigenvalue weighted by atomic mass is 16.4. The van der Waals surface area contributed by atoms with Crippen molar-refractivity contribution in [2.75, 3.05) is 18.0 Å². The zero-order valence-electron chi connectivity index (χ0n) is 17.2. The summed E-state index contributed by atoms with van der Waals surface area (Å²) < 4.78 is 7.47. The van der Waals surface area contributed by atoms with Crippen LogP contribution in [0.5, 0.6) is 0 Å². The molecule has 0 fully saturated rings. The van der Waals surface area contributed by atoms with Crippen molar-refractivity contribution in [3.05, 3.63) is 65.0 Å². The highest BCUT2D eigenvalue weighted by Gasteiger charge is 2.17. The highest BCUT2D eigenvalue weighted by molar-refractivity contribution is 6.07. The molecule has 0 radical (unpaired) electrons. The molecule has 5 rings (SSSR count). The Morgan fingerprint density at radius 2 is 1.73 bits per heavy atom. The van der Waals surface area contributed by atoms with Crippen LogP contribution in [0.25, 0.3) is 44.2 Å². The van der Waals surface area contributed by atoms with Gasteiger partial charge in [0.15, 0.2) is 5.65 Å². The summed E-state index contributed by atoms with van der Waals surface area (Å²) in [6.07, 6.45) is 0. The fraction of sp³-hybridized carbons (Fsp3) is 0.208. The van der Waals surface area contributed by atoms with E-state index in [1.807, 2.05) is 55.6 Å². The third-order valence-electron chi connectivity index (χ3n) is 5.63. The summed E-state index contributed by atoms with van der Waals surface area (Å²) in [6, 6.07) is 17.7. The SMILES string of the molecule is CCN(CC)c1ccc2c(c1)oc(=O)c1cc3c(-c4ccccc4)nn(C)c3nc12. The normalized spacial score (nSPS) is 11.6. The quantitative estimate of drug-likeness (QED) is 0.323. The van der Waals surface area contributed by atoms with Crippen molar-refractivity contribution in [1.82, 2.24) is 14.8 Å². The van der Waals surface area contributed by atoms with Gasteiger partial charge in [-0.25, -0.2) is 14.5 Å². The summed E-state index contributed by atoms with van der Waals surface area (Å²) in [5, 5.41) is 6.80. The second-order valence-corrected chi connectivity index (χ2v) is 7.34. The third kappa shape index (κ3) is 2.76. The number of anilines is 1. The Bertz CT molecular complexity index is 1450. The van der Waals surface area contributed by atoms with Gasteiger partial charge in [-0.05, 0) is 32.0 Å². The molecule has 0 saturated heterocycles. The van der Waals surface area contributed by atoms with E-state index in [-0.39, 0.29) is 5.63 Å². The molecule has 5 aromatic rings. The van der Waals surface area contributed by atoms with E-state index in [0.717, 1.165) is 46.5 Å². The number of fused-ring (bicyclic) bond motifs is 4. The number of rotatable bonds is 4. The van der Waals surface area contributed by atoms with E-state index < -0.39 is 0 Å². The van der Waals surface area contributed by atoms with Crippen LogP contribution in [-0.4, -0.2) is 27.9 Å². The van der Waals surface area contributed by atoms with Crippen LogP contribution in [0.1, 0.15) is 13.8 Å². The molecule has 0 bridgehead atoms. The predicted molar refractivity (Wildman–Crippen MR) is 121 cm³/mol. The Labute approximate surface area is 173 Å². The maximum atomic E-state index is 12.9. The molecule has 2 aromatic carbocycles. The molecule has 0 amide bonds. The second kappa shape index (κ2) is 6.99. The molecular formula is C24H22N4O2. The van der Waals surface area contributed by atoms with Gasteiger partial charge in [0, 0.05) is 48.2 Å². The van der Waals surface area contributed by atoms with Crippen LogP contribution in [0.15, 0.2) is 63.8 Å². The minimum atomic E-state index is -0.383. The largest absolute Gasteiger partial charge is 0.422 e. The molecule has 0 aliphatic carbocycles. The van der Waals surface area contributed by atoms with Crippen LogP contribution in [0, 0.1) is 0 Å². The van der Waals surface area contributed by atoms with E-state index >= 15 is 0 Å². The smallest absolute Gasteiger partial charge is 0.345 e. The first-order valence-corrected chi connectivity index (χ1v) is 10.2. The van der Waals surface area contributed by atoms with Gasteiger partial charge < -0.3 is 9.32 Å². The fourth-order valence-electron chi connectivity index (χ4n) is 4.08. The first kappa shape index (κ1) is 18.4. The first-order valence-electron chi connectivity index (χ1n) is 10.2. The summed E-state index contributed by atoms with van der Waals surface area (Å²) in [5.74, 6) is 0. The van der Waals surface area contributed by atoms with Crippen molar-refractivity contribution in [1.29, 1.82) is 0 Å². The van der Waals surface area contributed by atoms with Crippen molar-refractivity contribution < 1.29 is 4.42 Å². The van der Waals surface area contributed by atoms with Crippen LogP contribution < -0.4 is 10.5 Å². The molecule has 0 N–H and O–H groups in total. The lowest BCUT2D eigenvalue weighted by atomic mass is 10.1. The lowest BCUT2D eigenvalue weighted by Gasteiger charge is -2.21. The van der Waals surface area contributed by atoms with Gasteiger partial charge in [0.25, 0.3) is 0 Å². The molecule has 0 spiro atoms. The maximum Gasteiger partial charge on any atom is 0.345 e. The molecule has 3 aromatic heterocycles. The summed E-state index contributed by atoms with van der Waals surface area (Å²) in [4.78, 5) is 19.9. The van der Waals surface area contributed by atoms with E-state index in [2.05, 4.69) is 29.9 Å². The Morgan fingerprint density at radius 3 is 2.47 bits per heavy atom. The molecule has 30 heavy (non-hydrogen) atoms. The van der Waals surface area contributed by atoms with Gasteiger partial charge in [0.1, 0.15) is 11.3 Å². The topological polar surface area (TPSA) is 64.2 Å². The van der Waals surface area contributed by atoms with E-state index in [4.69, 9.17) is 9.40 Å². The summed E-state index contributed by atoms with van der Waals surface area (Å²) in [7, 11) is 1.87. The molecule has 0 unspecified atom stereocenters. The van der Waals surface area contributed by atoms with Crippen molar-refractivity contribution >= 4 is 38.6 Å². The van der Waals surface area contributed by atoms with Gasteiger partial charge in [0.05, 0.1) is 10.9 Å². The van der Waals surface area contributed by atoms with Crippen LogP contribution in [-0.2, 0) is 7.05 Å². The summed E-state index contributed by atoms with van der Waals surface area (Å²) in [5.41, 5.74) is 4.37. The van der Waals surface area contributed by atoms with Crippen molar-refractivity contribution in [3.63, 3.8) is 0 Å². The Hall–Kier alpha value is -3.67. The Kier molecular flexibility index (Phi) is 4.28. The first-order chi connectivity index (χ1) is 14.6. The Balaban J connectivity index is 1.81. The average molecular weight is 398 g/mol.